The average Bonchev–Trinajstić information content (AvgIpc) is 2.61. The Kier molecular flexibility index (Phi) is 3.63. The molecule has 4 bridgehead atoms. The van der Waals surface area contributed by atoms with Crippen molar-refractivity contribution in [3.8, 4) is 11.3 Å². The van der Waals surface area contributed by atoms with E-state index in [-0.39, 0.29) is 11.3 Å². The van der Waals surface area contributed by atoms with E-state index >= 15 is 0 Å². The number of aromatic nitrogens is 2. The molecule has 134 valence electrons. The first-order valence-electron chi connectivity index (χ1n) is 9.81. The van der Waals surface area contributed by atoms with Crippen molar-refractivity contribution in [3.63, 3.8) is 0 Å². The van der Waals surface area contributed by atoms with Crippen molar-refractivity contribution in [1.29, 1.82) is 0 Å². The lowest BCUT2D eigenvalue weighted by atomic mass is 9.49. The Labute approximate surface area is 154 Å². The Hall–Kier alpha value is -2.23. The SMILES string of the molecule is Cc1nccc(-c2cccc(NC(=O)C34CC5CC(CC(C5)C3)C4)c2)n1. The predicted molar refractivity (Wildman–Crippen MR) is 101 cm³/mol. The molecule has 1 aromatic carbocycles. The second-order valence-electron chi connectivity index (χ2n) is 8.72. The molecule has 0 radical (unpaired) electrons. The summed E-state index contributed by atoms with van der Waals surface area (Å²) in [6, 6.07) is 9.94. The maximum absolute atomic E-state index is 13.2. The third kappa shape index (κ3) is 2.72. The predicted octanol–water partition coefficient (Wildman–Crippen LogP) is 4.61. The quantitative estimate of drug-likeness (QED) is 0.882. The summed E-state index contributed by atoms with van der Waals surface area (Å²) < 4.78 is 0. The van der Waals surface area contributed by atoms with Gasteiger partial charge in [-0.25, -0.2) is 9.97 Å². The highest BCUT2D eigenvalue weighted by atomic mass is 16.2. The van der Waals surface area contributed by atoms with E-state index in [9.17, 15) is 4.79 Å². The number of rotatable bonds is 3. The number of nitrogens with zero attached hydrogens (tertiary/aromatic N) is 2. The molecular weight excluding hydrogens is 322 g/mol. The Bertz CT molecular complexity index is 825. The van der Waals surface area contributed by atoms with E-state index in [4.69, 9.17) is 0 Å². The van der Waals surface area contributed by atoms with Gasteiger partial charge in [0.25, 0.3) is 0 Å². The van der Waals surface area contributed by atoms with Gasteiger partial charge in [0.2, 0.25) is 5.91 Å². The highest BCUT2D eigenvalue weighted by Crippen LogP contribution is 2.60. The third-order valence-corrected chi connectivity index (χ3v) is 6.71. The third-order valence-electron chi connectivity index (χ3n) is 6.71. The molecule has 0 unspecified atom stereocenters. The molecule has 26 heavy (non-hydrogen) atoms. The molecule has 1 amide bonds. The van der Waals surface area contributed by atoms with Crippen LogP contribution in [0.25, 0.3) is 11.3 Å². The average molecular weight is 347 g/mol. The van der Waals surface area contributed by atoms with Gasteiger partial charge in [0.15, 0.2) is 0 Å². The van der Waals surface area contributed by atoms with Gasteiger partial charge in [-0.2, -0.15) is 0 Å². The zero-order chi connectivity index (χ0) is 17.7. The summed E-state index contributed by atoms with van der Waals surface area (Å²) in [7, 11) is 0. The summed E-state index contributed by atoms with van der Waals surface area (Å²) in [6.07, 6.45) is 9.12. The molecule has 0 aliphatic heterocycles. The Morgan fingerprint density at radius 2 is 1.77 bits per heavy atom. The summed E-state index contributed by atoms with van der Waals surface area (Å²) in [5.74, 6) is 3.34. The van der Waals surface area contributed by atoms with Crippen LogP contribution in [0.5, 0.6) is 0 Å². The molecule has 6 rings (SSSR count). The number of benzene rings is 1. The number of amides is 1. The normalized spacial score (nSPS) is 31.8. The van der Waals surface area contributed by atoms with E-state index in [1.165, 1.54) is 19.3 Å². The van der Waals surface area contributed by atoms with Crippen molar-refractivity contribution >= 4 is 11.6 Å². The first-order valence-corrected chi connectivity index (χ1v) is 9.81. The molecule has 4 heteroatoms. The molecular formula is C22H25N3O. The fraction of sp³-hybridized carbons (Fsp3) is 0.500. The number of nitrogens with one attached hydrogen (secondary N) is 1. The standard InChI is InChI=1S/C22H25N3O/c1-14-23-6-5-20(24-14)18-3-2-4-19(10-18)25-21(26)22-11-15-7-16(12-22)9-17(8-15)13-22/h2-6,10,15-17H,7-9,11-13H2,1H3,(H,25,26). The molecule has 1 heterocycles. The summed E-state index contributed by atoms with van der Waals surface area (Å²) in [6.45, 7) is 1.89. The van der Waals surface area contributed by atoms with Gasteiger partial charge in [-0.1, -0.05) is 12.1 Å². The van der Waals surface area contributed by atoms with Crippen LogP contribution in [0.3, 0.4) is 0 Å². The second-order valence-corrected chi connectivity index (χ2v) is 8.72. The molecule has 0 atom stereocenters. The zero-order valence-corrected chi connectivity index (χ0v) is 15.2. The number of aryl methyl sites for hydroxylation is 1. The van der Waals surface area contributed by atoms with Crippen molar-refractivity contribution in [2.45, 2.75) is 45.4 Å². The van der Waals surface area contributed by atoms with Crippen molar-refractivity contribution in [2.75, 3.05) is 5.32 Å². The van der Waals surface area contributed by atoms with Gasteiger partial charge >= 0.3 is 0 Å². The Morgan fingerprint density at radius 1 is 1.08 bits per heavy atom. The molecule has 0 spiro atoms. The molecule has 4 aliphatic rings. The number of hydrogen-bond acceptors (Lipinski definition) is 3. The minimum atomic E-state index is -0.115. The number of anilines is 1. The lowest BCUT2D eigenvalue weighted by Crippen LogP contribution is -2.51. The van der Waals surface area contributed by atoms with Crippen LogP contribution in [0.1, 0.15) is 44.3 Å². The fourth-order valence-corrected chi connectivity index (χ4v) is 6.03. The van der Waals surface area contributed by atoms with Crippen molar-refractivity contribution in [2.24, 2.45) is 23.2 Å². The molecule has 4 nitrogen and oxygen atoms in total. The first kappa shape index (κ1) is 16.0. The summed E-state index contributed by atoms with van der Waals surface area (Å²) >= 11 is 0. The molecule has 4 fully saturated rings. The van der Waals surface area contributed by atoms with Crippen LogP contribution in [0.2, 0.25) is 0 Å². The van der Waals surface area contributed by atoms with Gasteiger partial charge in [0.05, 0.1) is 11.1 Å². The van der Waals surface area contributed by atoms with Crippen LogP contribution in [-0.4, -0.2) is 15.9 Å². The van der Waals surface area contributed by atoms with Crippen molar-refractivity contribution < 1.29 is 4.79 Å². The van der Waals surface area contributed by atoms with E-state index in [2.05, 4.69) is 15.3 Å². The minimum absolute atomic E-state index is 0.115. The van der Waals surface area contributed by atoms with E-state index in [1.54, 1.807) is 6.20 Å². The first-order chi connectivity index (χ1) is 12.6. The van der Waals surface area contributed by atoms with E-state index in [0.29, 0.717) is 0 Å². The van der Waals surface area contributed by atoms with Gasteiger partial charge in [-0.3, -0.25) is 4.79 Å². The van der Waals surface area contributed by atoms with Crippen LogP contribution >= 0.6 is 0 Å². The molecule has 4 aliphatic carbocycles. The zero-order valence-electron chi connectivity index (χ0n) is 15.2. The number of hydrogen-bond donors (Lipinski definition) is 1. The van der Waals surface area contributed by atoms with Gasteiger partial charge in [-0.05, 0) is 81.4 Å². The van der Waals surface area contributed by atoms with Gasteiger partial charge < -0.3 is 5.32 Å². The highest BCUT2D eigenvalue weighted by Gasteiger charge is 2.54. The molecule has 0 saturated heterocycles. The monoisotopic (exact) mass is 347 g/mol. The highest BCUT2D eigenvalue weighted by molar-refractivity contribution is 5.96. The topological polar surface area (TPSA) is 54.9 Å². The summed E-state index contributed by atoms with van der Waals surface area (Å²) in [5, 5.41) is 3.24. The van der Waals surface area contributed by atoms with Crippen molar-refractivity contribution in [1.82, 2.24) is 9.97 Å². The van der Waals surface area contributed by atoms with Crippen LogP contribution < -0.4 is 5.32 Å². The Morgan fingerprint density at radius 3 is 2.42 bits per heavy atom. The maximum atomic E-state index is 13.2. The van der Waals surface area contributed by atoms with Crippen LogP contribution in [0.4, 0.5) is 5.69 Å². The van der Waals surface area contributed by atoms with Crippen LogP contribution in [0, 0.1) is 30.1 Å². The Balaban J connectivity index is 1.38. The molecule has 1 N–H and O–H groups in total. The molecule has 4 saturated carbocycles. The summed E-state index contributed by atoms with van der Waals surface area (Å²) in [5.41, 5.74) is 2.66. The molecule has 2 aromatic rings. The molecule has 1 aromatic heterocycles. The smallest absolute Gasteiger partial charge is 0.230 e. The number of carbonyl (C=O) groups excluding carboxylic acids is 1. The van der Waals surface area contributed by atoms with E-state index in [0.717, 1.165) is 59.8 Å². The fourth-order valence-electron chi connectivity index (χ4n) is 6.03. The van der Waals surface area contributed by atoms with Gasteiger partial charge in [0.1, 0.15) is 5.82 Å². The minimum Gasteiger partial charge on any atom is -0.326 e. The van der Waals surface area contributed by atoms with Crippen LogP contribution in [-0.2, 0) is 4.79 Å². The van der Waals surface area contributed by atoms with Gasteiger partial charge in [0, 0.05) is 17.4 Å². The number of carbonyl (C=O) groups is 1. The van der Waals surface area contributed by atoms with Crippen molar-refractivity contribution in [3.05, 3.63) is 42.4 Å². The lowest BCUT2D eigenvalue weighted by molar-refractivity contribution is -0.140. The van der Waals surface area contributed by atoms with Crippen LogP contribution in [0.15, 0.2) is 36.5 Å². The van der Waals surface area contributed by atoms with E-state index < -0.39 is 0 Å². The second kappa shape index (κ2) is 5.90. The van der Waals surface area contributed by atoms with Gasteiger partial charge in [-0.15, -0.1) is 0 Å². The largest absolute Gasteiger partial charge is 0.326 e. The lowest BCUT2D eigenvalue weighted by Gasteiger charge is -2.55. The van der Waals surface area contributed by atoms with E-state index in [1.807, 2.05) is 37.3 Å². The summed E-state index contributed by atoms with van der Waals surface area (Å²) in [4.78, 5) is 21.9. The maximum Gasteiger partial charge on any atom is 0.230 e.